The van der Waals surface area contributed by atoms with Crippen LogP contribution >= 0.6 is 0 Å². The zero-order valence-electron chi connectivity index (χ0n) is 7.68. The van der Waals surface area contributed by atoms with Gasteiger partial charge in [-0.25, -0.2) is 0 Å². The lowest BCUT2D eigenvalue weighted by Gasteiger charge is -2.27. The largest absolute Gasteiger partial charge is 0.459 e. The average molecular weight is 242 g/mol. The van der Waals surface area contributed by atoms with Crippen molar-refractivity contribution in [3.8, 4) is 0 Å². The predicted octanol–water partition coefficient (Wildman–Crippen LogP) is 3.25. The molecule has 0 radical (unpaired) electrons. The first-order chi connectivity index (χ1) is 6.56. The Morgan fingerprint density at radius 1 is 0.933 bits per heavy atom. The lowest BCUT2D eigenvalue weighted by Crippen LogP contribution is -2.54. The summed E-state index contributed by atoms with van der Waals surface area (Å²) in [6, 6.07) is 0. The smallest absolute Gasteiger partial charge is 0.375 e. The number of hydrogen-bond acceptors (Lipinski definition) is 1. The molecular weight excluding hydrogens is 233 g/mol. The van der Waals surface area contributed by atoms with Crippen LogP contribution in [-0.4, -0.2) is 31.2 Å². The number of ether oxygens (including phenoxy) is 1. The molecule has 0 bridgehead atoms. The summed E-state index contributed by atoms with van der Waals surface area (Å²) in [5.41, 5.74) is 0. The standard InChI is InChI=1S/C7H9F7O/c1-2-3-15-4-5(8,9)6(10,11)7(12,13)14/h2-4H2,1H3. The van der Waals surface area contributed by atoms with Crippen LogP contribution in [0.3, 0.4) is 0 Å². The van der Waals surface area contributed by atoms with Gasteiger partial charge in [-0.2, -0.15) is 30.7 Å². The lowest BCUT2D eigenvalue weighted by atomic mass is 10.2. The highest BCUT2D eigenvalue weighted by molar-refractivity contribution is 4.90. The summed E-state index contributed by atoms with van der Waals surface area (Å²) in [4.78, 5) is 0. The van der Waals surface area contributed by atoms with Crippen LogP contribution in [0.2, 0.25) is 0 Å². The summed E-state index contributed by atoms with van der Waals surface area (Å²) in [6.45, 7) is -0.753. The highest BCUT2D eigenvalue weighted by atomic mass is 19.4. The van der Waals surface area contributed by atoms with Crippen LogP contribution in [0, 0.1) is 0 Å². The fraction of sp³-hybridized carbons (Fsp3) is 1.00. The normalized spacial score (nSPS) is 14.4. The second-order valence-corrected chi connectivity index (χ2v) is 2.83. The fourth-order valence-corrected chi connectivity index (χ4v) is 0.643. The van der Waals surface area contributed by atoms with Gasteiger partial charge in [-0.05, 0) is 6.42 Å². The van der Waals surface area contributed by atoms with Gasteiger partial charge in [0.15, 0.2) is 0 Å². The lowest BCUT2D eigenvalue weighted by molar-refractivity contribution is -0.361. The molecule has 0 saturated heterocycles. The van der Waals surface area contributed by atoms with Gasteiger partial charge in [-0.1, -0.05) is 6.92 Å². The van der Waals surface area contributed by atoms with Crippen molar-refractivity contribution in [2.75, 3.05) is 13.2 Å². The Morgan fingerprint density at radius 3 is 1.73 bits per heavy atom. The van der Waals surface area contributed by atoms with Gasteiger partial charge < -0.3 is 4.74 Å². The van der Waals surface area contributed by atoms with E-state index in [0.29, 0.717) is 0 Å². The molecule has 0 aliphatic carbocycles. The van der Waals surface area contributed by atoms with E-state index in [1.807, 2.05) is 0 Å². The molecule has 0 atom stereocenters. The molecule has 0 N–H and O–H groups in total. The van der Waals surface area contributed by atoms with Crippen LogP contribution in [0.5, 0.6) is 0 Å². The van der Waals surface area contributed by atoms with Gasteiger partial charge in [-0.3, -0.25) is 0 Å². The first kappa shape index (κ1) is 14.5. The predicted molar refractivity (Wildman–Crippen MR) is 37.1 cm³/mol. The summed E-state index contributed by atoms with van der Waals surface area (Å²) in [5.74, 6) is -11.3. The summed E-state index contributed by atoms with van der Waals surface area (Å²) < 4.78 is 87.9. The molecule has 0 spiro atoms. The van der Waals surface area contributed by atoms with E-state index in [-0.39, 0.29) is 13.0 Å². The second-order valence-electron chi connectivity index (χ2n) is 2.83. The minimum absolute atomic E-state index is 0.244. The Kier molecular flexibility index (Phi) is 4.38. The number of rotatable bonds is 5. The zero-order chi connectivity index (χ0) is 12.3. The molecule has 0 aliphatic heterocycles. The molecule has 0 amide bonds. The SMILES string of the molecule is CCCOCC(F)(F)C(F)(F)C(F)(F)F. The maximum atomic E-state index is 12.4. The Hall–Kier alpha value is -0.530. The zero-order valence-corrected chi connectivity index (χ0v) is 7.68. The van der Waals surface area contributed by atoms with Gasteiger partial charge in [0.2, 0.25) is 0 Å². The quantitative estimate of drug-likeness (QED) is 0.531. The van der Waals surface area contributed by atoms with E-state index in [4.69, 9.17) is 0 Å². The molecule has 0 aromatic heterocycles. The van der Waals surface area contributed by atoms with Crippen LogP contribution in [0.1, 0.15) is 13.3 Å². The summed E-state index contributed by atoms with van der Waals surface area (Å²) >= 11 is 0. The highest BCUT2D eigenvalue weighted by Gasteiger charge is 2.72. The fourth-order valence-electron chi connectivity index (χ4n) is 0.643. The minimum atomic E-state index is -6.29. The molecule has 0 heterocycles. The van der Waals surface area contributed by atoms with Crippen LogP contribution < -0.4 is 0 Å². The van der Waals surface area contributed by atoms with E-state index >= 15 is 0 Å². The topological polar surface area (TPSA) is 9.23 Å². The van der Waals surface area contributed by atoms with Crippen molar-refractivity contribution in [2.24, 2.45) is 0 Å². The van der Waals surface area contributed by atoms with Crippen molar-refractivity contribution in [1.82, 2.24) is 0 Å². The number of halogens is 7. The van der Waals surface area contributed by atoms with Gasteiger partial charge in [0.05, 0.1) is 0 Å². The van der Waals surface area contributed by atoms with Crippen molar-refractivity contribution in [2.45, 2.75) is 31.4 Å². The van der Waals surface area contributed by atoms with E-state index in [2.05, 4.69) is 4.74 Å². The van der Waals surface area contributed by atoms with E-state index in [0.717, 1.165) is 0 Å². The molecule has 8 heteroatoms. The first-order valence-electron chi connectivity index (χ1n) is 3.96. The number of hydrogen-bond donors (Lipinski definition) is 0. The summed E-state index contributed by atoms with van der Waals surface area (Å²) in [5, 5.41) is 0. The molecule has 15 heavy (non-hydrogen) atoms. The van der Waals surface area contributed by atoms with Crippen molar-refractivity contribution >= 4 is 0 Å². The molecular formula is C7H9F7O. The van der Waals surface area contributed by atoms with Gasteiger partial charge in [-0.15, -0.1) is 0 Å². The third kappa shape index (κ3) is 3.22. The van der Waals surface area contributed by atoms with E-state index < -0.39 is 24.6 Å². The molecule has 0 fully saturated rings. The molecule has 0 aliphatic rings. The maximum absolute atomic E-state index is 12.4. The van der Waals surface area contributed by atoms with Crippen LogP contribution in [0.4, 0.5) is 30.7 Å². The van der Waals surface area contributed by atoms with Gasteiger partial charge in [0, 0.05) is 6.61 Å². The minimum Gasteiger partial charge on any atom is -0.375 e. The van der Waals surface area contributed by atoms with Crippen LogP contribution in [0.25, 0.3) is 0 Å². The molecule has 0 aromatic rings. The number of alkyl halides is 7. The molecule has 0 rings (SSSR count). The molecule has 0 saturated carbocycles. The van der Waals surface area contributed by atoms with E-state index in [1.165, 1.54) is 6.92 Å². The second kappa shape index (κ2) is 4.54. The summed E-state index contributed by atoms with van der Waals surface area (Å²) in [7, 11) is 0. The van der Waals surface area contributed by atoms with Gasteiger partial charge in [0.1, 0.15) is 6.61 Å². The summed E-state index contributed by atoms with van der Waals surface area (Å²) in [6.07, 6.45) is -6.04. The van der Waals surface area contributed by atoms with E-state index in [9.17, 15) is 30.7 Å². The average Bonchev–Trinajstić information content (AvgIpc) is 2.02. The van der Waals surface area contributed by atoms with Crippen LogP contribution in [0.15, 0.2) is 0 Å². The Labute approximate surface area is 81.2 Å². The maximum Gasteiger partial charge on any atom is 0.459 e. The van der Waals surface area contributed by atoms with Crippen molar-refractivity contribution in [1.29, 1.82) is 0 Å². The van der Waals surface area contributed by atoms with Crippen molar-refractivity contribution < 1.29 is 35.5 Å². The molecule has 92 valence electrons. The highest BCUT2D eigenvalue weighted by Crippen LogP contribution is 2.46. The van der Waals surface area contributed by atoms with Crippen LogP contribution in [-0.2, 0) is 4.74 Å². The molecule has 1 nitrogen and oxygen atoms in total. The Morgan fingerprint density at radius 2 is 1.40 bits per heavy atom. The first-order valence-corrected chi connectivity index (χ1v) is 3.96. The molecule has 0 aromatic carbocycles. The van der Waals surface area contributed by atoms with Gasteiger partial charge >= 0.3 is 18.0 Å². The van der Waals surface area contributed by atoms with Crippen molar-refractivity contribution in [3.05, 3.63) is 0 Å². The Bertz CT molecular complexity index is 198. The van der Waals surface area contributed by atoms with Crippen molar-refractivity contribution in [3.63, 3.8) is 0 Å². The monoisotopic (exact) mass is 242 g/mol. The third-order valence-electron chi connectivity index (χ3n) is 1.45. The third-order valence-corrected chi connectivity index (χ3v) is 1.45. The molecule has 0 unspecified atom stereocenters. The van der Waals surface area contributed by atoms with E-state index in [1.54, 1.807) is 0 Å². The Balaban J connectivity index is 4.56. The van der Waals surface area contributed by atoms with Gasteiger partial charge in [0.25, 0.3) is 0 Å².